The average molecular weight is 535 g/mol. The van der Waals surface area contributed by atoms with E-state index in [9.17, 15) is 21.6 Å². The number of hydrogen-bond acceptors (Lipinski definition) is 6. The number of piperidine rings is 1. The Balaban J connectivity index is 1.63. The van der Waals surface area contributed by atoms with Gasteiger partial charge in [-0.1, -0.05) is 29.3 Å². The molecule has 0 bridgehead atoms. The van der Waals surface area contributed by atoms with Crippen LogP contribution in [0.4, 0.5) is 19.1 Å². The fraction of sp³-hybridized carbons (Fsp3) is 0.350. The molecular formula is C20H19Cl2F3N6O2S. The quantitative estimate of drug-likeness (QED) is 0.518. The zero-order chi connectivity index (χ0) is 24.7. The Morgan fingerprint density at radius 2 is 1.85 bits per heavy atom. The molecule has 1 N–H and O–H groups in total. The van der Waals surface area contributed by atoms with Crippen LogP contribution in [-0.4, -0.2) is 57.6 Å². The molecule has 3 heterocycles. The first-order valence-electron chi connectivity index (χ1n) is 10.1. The minimum absolute atomic E-state index is 0.00357. The summed E-state index contributed by atoms with van der Waals surface area (Å²) in [6.45, 7) is 0.601. The maximum atomic E-state index is 13.7. The summed E-state index contributed by atoms with van der Waals surface area (Å²) in [5.41, 5.74) is -1.00. The minimum Gasteiger partial charge on any atom is -0.351 e. The van der Waals surface area contributed by atoms with Crippen molar-refractivity contribution in [2.45, 2.75) is 25.1 Å². The number of halogens is 5. The van der Waals surface area contributed by atoms with Gasteiger partial charge in [-0.15, -0.1) is 0 Å². The number of rotatable bonds is 5. The van der Waals surface area contributed by atoms with E-state index in [1.54, 1.807) is 18.2 Å². The maximum Gasteiger partial charge on any atom is 0.420 e. The Labute approximate surface area is 203 Å². The fourth-order valence-corrected chi connectivity index (χ4v) is 4.90. The van der Waals surface area contributed by atoms with Crippen molar-refractivity contribution in [3.63, 3.8) is 0 Å². The van der Waals surface area contributed by atoms with Crippen molar-refractivity contribution in [2.75, 3.05) is 24.7 Å². The third-order valence-electron chi connectivity index (χ3n) is 5.38. The summed E-state index contributed by atoms with van der Waals surface area (Å²) >= 11 is 12.3. The van der Waals surface area contributed by atoms with E-state index in [4.69, 9.17) is 23.2 Å². The van der Waals surface area contributed by atoms with Crippen LogP contribution in [0.5, 0.6) is 0 Å². The molecule has 1 aromatic carbocycles. The number of nitrogens with one attached hydrogen (secondary N) is 1. The molecule has 3 aromatic rings. The van der Waals surface area contributed by atoms with Crippen molar-refractivity contribution in [2.24, 2.45) is 0 Å². The first-order chi connectivity index (χ1) is 15.9. The predicted octanol–water partition coefficient (Wildman–Crippen LogP) is 4.49. The van der Waals surface area contributed by atoms with Crippen LogP contribution >= 0.6 is 23.2 Å². The largest absolute Gasteiger partial charge is 0.420 e. The van der Waals surface area contributed by atoms with Gasteiger partial charge in [-0.2, -0.15) is 13.2 Å². The van der Waals surface area contributed by atoms with Gasteiger partial charge >= 0.3 is 6.18 Å². The Morgan fingerprint density at radius 1 is 1.15 bits per heavy atom. The lowest BCUT2D eigenvalue weighted by molar-refractivity contribution is -0.137. The summed E-state index contributed by atoms with van der Waals surface area (Å²) in [5.74, 6) is -0.00357. The van der Waals surface area contributed by atoms with Crippen LogP contribution < -0.4 is 5.32 Å². The van der Waals surface area contributed by atoms with Gasteiger partial charge in [0.05, 0.1) is 22.0 Å². The molecule has 1 aliphatic heterocycles. The van der Waals surface area contributed by atoms with E-state index < -0.39 is 27.5 Å². The number of aromatic nitrogens is 4. The maximum absolute atomic E-state index is 13.7. The van der Waals surface area contributed by atoms with Gasteiger partial charge in [0, 0.05) is 31.5 Å². The molecule has 0 aliphatic carbocycles. The lowest BCUT2D eigenvalue weighted by Crippen LogP contribution is -2.42. The summed E-state index contributed by atoms with van der Waals surface area (Å²) in [5, 5.41) is 3.54. The van der Waals surface area contributed by atoms with Gasteiger partial charge in [0.1, 0.15) is 23.3 Å². The van der Waals surface area contributed by atoms with Crippen LogP contribution in [0, 0.1) is 0 Å². The molecular weight excluding hydrogens is 516 g/mol. The fourth-order valence-electron chi connectivity index (χ4n) is 3.64. The van der Waals surface area contributed by atoms with Crippen molar-refractivity contribution in [3.8, 4) is 17.1 Å². The highest BCUT2D eigenvalue weighted by molar-refractivity contribution is 7.88. The van der Waals surface area contributed by atoms with Gasteiger partial charge < -0.3 is 9.88 Å². The molecule has 0 atom stereocenters. The van der Waals surface area contributed by atoms with Crippen LogP contribution in [0.15, 0.2) is 36.9 Å². The average Bonchev–Trinajstić information content (AvgIpc) is 3.24. The Morgan fingerprint density at radius 3 is 2.50 bits per heavy atom. The molecule has 14 heteroatoms. The summed E-state index contributed by atoms with van der Waals surface area (Å²) in [6.07, 6.45) is 0.783. The van der Waals surface area contributed by atoms with E-state index in [0.29, 0.717) is 42.8 Å². The second-order valence-corrected chi connectivity index (χ2v) is 10.5. The number of hydrogen-bond donors (Lipinski definition) is 1. The third kappa shape index (κ3) is 5.29. The van der Waals surface area contributed by atoms with Crippen molar-refractivity contribution < 1.29 is 21.6 Å². The van der Waals surface area contributed by atoms with Crippen molar-refractivity contribution in [1.29, 1.82) is 0 Å². The van der Waals surface area contributed by atoms with Gasteiger partial charge in [-0.05, 0) is 25.0 Å². The van der Waals surface area contributed by atoms with Crippen molar-refractivity contribution in [1.82, 2.24) is 23.8 Å². The summed E-state index contributed by atoms with van der Waals surface area (Å²) < 4.78 is 67.2. The van der Waals surface area contributed by atoms with E-state index in [2.05, 4.69) is 20.3 Å². The van der Waals surface area contributed by atoms with Gasteiger partial charge in [-0.3, -0.25) is 0 Å². The number of imidazole rings is 1. The van der Waals surface area contributed by atoms with E-state index >= 15 is 0 Å². The molecule has 34 heavy (non-hydrogen) atoms. The van der Waals surface area contributed by atoms with Crippen molar-refractivity contribution >= 4 is 39.2 Å². The number of alkyl halides is 3. The van der Waals surface area contributed by atoms with Gasteiger partial charge in [0.2, 0.25) is 16.0 Å². The third-order valence-corrected chi connectivity index (χ3v) is 7.50. The molecule has 1 saturated heterocycles. The molecule has 182 valence electrons. The second-order valence-electron chi connectivity index (χ2n) is 7.77. The number of sulfonamides is 1. The smallest absolute Gasteiger partial charge is 0.351 e. The number of benzene rings is 1. The molecule has 2 aromatic heterocycles. The zero-order valence-corrected chi connectivity index (χ0v) is 20.0. The molecule has 0 radical (unpaired) electrons. The van der Waals surface area contributed by atoms with E-state index in [1.807, 2.05) is 0 Å². The highest BCUT2D eigenvalue weighted by Gasteiger charge is 2.36. The summed E-state index contributed by atoms with van der Waals surface area (Å²) in [6, 6.07) is 4.72. The molecule has 0 amide bonds. The monoisotopic (exact) mass is 534 g/mol. The minimum atomic E-state index is -4.70. The number of anilines is 1. The van der Waals surface area contributed by atoms with E-state index in [-0.39, 0.29) is 22.7 Å². The molecule has 1 fully saturated rings. The molecule has 0 unspecified atom stereocenters. The van der Waals surface area contributed by atoms with Crippen LogP contribution in [0.1, 0.15) is 18.4 Å². The van der Waals surface area contributed by atoms with Gasteiger partial charge in [-0.25, -0.2) is 27.7 Å². The first-order valence-corrected chi connectivity index (χ1v) is 12.7. The van der Waals surface area contributed by atoms with Crippen LogP contribution in [-0.2, 0) is 16.2 Å². The van der Waals surface area contributed by atoms with E-state index in [1.165, 1.54) is 21.4 Å². The lowest BCUT2D eigenvalue weighted by Gasteiger charge is -2.30. The first kappa shape index (κ1) is 24.7. The molecule has 0 saturated carbocycles. The predicted molar refractivity (Wildman–Crippen MR) is 123 cm³/mol. The Kier molecular flexibility index (Phi) is 6.78. The van der Waals surface area contributed by atoms with Crippen LogP contribution in [0.25, 0.3) is 17.1 Å². The zero-order valence-electron chi connectivity index (χ0n) is 17.7. The van der Waals surface area contributed by atoms with Crippen LogP contribution in [0.2, 0.25) is 10.0 Å². The highest BCUT2D eigenvalue weighted by atomic mass is 35.5. The van der Waals surface area contributed by atoms with Crippen molar-refractivity contribution in [3.05, 3.63) is 52.5 Å². The molecule has 1 aliphatic rings. The Bertz CT molecular complexity index is 1310. The second kappa shape index (κ2) is 9.33. The Hall–Kier alpha value is -2.41. The molecule has 8 nitrogen and oxygen atoms in total. The standard InChI is InChI=1S/C20H19Cl2F3N6O2S/c1-34(32,33)31-7-5-12(6-8-31)28-19-26-9-13(20(23,24)25)18(29-19)15-10-30(11-27-15)16-4-2-3-14(21)17(16)22/h2-4,9-12H,5-8H2,1H3,(H,26,28,29). The van der Waals surface area contributed by atoms with Gasteiger partial charge in [0.15, 0.2) is 0 Å². The lowest BCUT2D eigenvalue weighted by atomic mass is 10.1. The normalized spacial score (nSPS) is 16.1. The van der Waals surface area contributed by atoms with Gasteiger partial charge in [0.25, 0.3) is 0 Å². The number of nitrogens with zero attached hydrogens (tertiary/aromatic N) is 5. The van der Waals surface area contributed by atoms with Crippen LogP contribution in [0.3, 0.4) is 0 Å². The highest BCUT2D eigenvalue weighted by Crippen LogP contribution is 2.36. The summed E-state index contributed by atoms with van der Waals surface area (Å²) in [4.78, 5) is 12.0. The molecule has 4 rings (SSSR count). The SMILES string of the molecule is CS(=O)(=O)N1CCC(Nc2ncc(C(F)(F)F)c(-c3cn(-c4cccc(Cl)c4Cl)cn3)n2)CC1. The molecule has 0 spiro atoms. The van der Waals surface area contributed by atoms with E-state index in [0.717, 1.165) is 6.26 Å². The topological polar surface area (TPSA) is 93.0 Å². The summed E-state index contributed by atoms with van der Waals surface area (Å²) in [7, 11) is -3.29.